The Kier molecular flexibility index (Phi) is 4.15. The van der Waals surface area contributed by atoms with Gasteiger partial charge in [-0.25, -0.2) is 4.39 Å². The molecule has 1 aliphatic carbocycles. The van der Waals surface area contributed by atoms with Crippen molar-refractivity contribution in [1.82, 2.24) is 5.32 Å². The number of nitrogens with one attached hydrogen (secondary N) is 1. The van der Waals surface area contributed by atoms with Gasteiger partial charge < -0.3 is 10.4 Å². The van der Waals surface area contributed by atoms with Crippen LogP contribution in [0.5, 0.6) is 0 Å². The van der Waals surface area contributed by atoms with E-state index < -0.39 is 0 Å². The molecule has 0 aliphatic heterocycles. The van der Waals surface area contributed by atoms with Crippen LogP contribution in [0.3, 0.4) is 0 Å². The van der Waals surface area contributed by atoms with E-state index in [0.29, 0.717) is 18.2 Å². The first-order valence-electron chi connectivity index (χ1n) is 6.93. The first-order valence-corrected chi connectivity index (χ1v) is 7.81. The van der Waals surface area contributed by atoms with Crippen LogP contribution in [0.25, 0.3) is 0 Å². The first kappa shape index (κ1) is 13.7. The highest BCUT2D eigenvalue weighted by Crippen LogP contribution is 2.42. The molecule has 2 aromatic rings. The number of aliphatic hydroxyl groups is 1. The molecule has 1 fully saturated rings. The Labute approximate surface area is 122 Å². The molecule has 0 radical (unpaired) electrons. The van der Waals surface area contributed by atoms with Gasteiger partial charge in [0.1, 0.15) is 5.82 Å². The zero-order valence-corrected chi connectivity index (χ0v) is 12.0. The Hall–Kier alpha value is -1.23. The van der Waals surface area contributed by atoms with Crippen LogP contribution < -0.4 is 5.32 Å². The second-order valence-corrected chi connectivity index (χ2v) is 6.27. The molecule has 1 heterocycles. The van der Waals surface area contributed by atoms with Crippen molar-refractivity contribution in [3.05, 3.63) is 57.5 Å². The lowest BCUT2D eigenvalue weighted by molar-refractivity contribution is 0.275. The van der Waals surface area contributed by atoms with Crippen LogP contribution in [-0.2, 0) is 13.2 Å². The quantitative estimate of drug-likeness (QED) is 0.852. The fourth-order valence-electron chi connectivity index (χ4n) is 2.48. The van der Waals surface area contributed by atoms with Crippen molar-refractivity contribution in [1.29, 1.82) is 0 Å². The Morgan fingerprint density at radius 2 is 2.20 bits per heavy atom. The average Bonchev–Trinajstić information content (AvgIpc) is 3.15. The van der Waals surface area contributed by atoms with E-state index in [4.69, 9.17) is 5.11 Å². The zero-order valence-electron chi connectivity index (χ0n) is 11.2. The second kappa shape index (κ2) is 6.04. The second-order valence-electron chi connectivity index (χ2n) is 5.30. The first-order chi connectivity index (χ1) is 9.78. The maximum absolute atomic E-state index is 13.4. The van der Waals surface area contributed by atoms with Crippen molar-refractivity contribution in [2.24, 2.45) is 5.92 Å². The molecule has 20 heavy (non-hydrogen) atoms. The van der Waals surface area contributed by atoms with Crippen molar-refractivity contribution in [3.8, 4) is 0 Å². The molecule has 1 unspecified atom stereocenters. The summed E-state index contributed by atoms with van der Waals surface area (Å²) in [4.78, 5) is 1.37. The maximum Gasteiger partial charge on any atom is 0.128 e. The van der Waals surface area contributed by atoms with E-state index >= 15 is 0 Å². The van der Waals surface area contributed by atoms with Gasteiger partial charge in [-0.3, -0.25) is 0 Å². The van der Waals surface area contributed by atoms with Gasteiger partial charge in [0.05, 0.1) is 6.61 Å². The molecule has 0 amide bonds. The number of benzene rings is 1. The summed E-state index contributed by atoms with van der Waals surface area (Å²) in [5.74, 6) is 0.389. The lowest BCUT2D eigenvalue weighted by Crippen LogP contribution is -2.22. The minimum atomic E-state index is -0.340. The van der Waals surface area contributed by atoms with E-state index in [2.05, 4.69) is 22.8 Å². The summed E-state index contributed by atoms with van der Waals surface area (Å²) in [5.41, 5.74) is 1.38. The third kappa shape index (κ3) is 3.08. The molecule has 1 aromatic heterocycles. The summed E-state index contributed by atoms with van der Waals surface area (Å²) in [5, 5.41) is 14.8. The topological polar surface area (TPSA) is 32.3 Å². The molecule has 1 atom stereocenters. The van der Waals surface area contributed by atoms with E-state index in [-0.39, 0.29) is 12.4 Å². The highest BCUT2D eigenvalue weighted by Gasteiger charge is 2.32. The molecule has 1 saturated carbocycles. The van der Waals surface area contributed by atoms with Crippen LogP contribution in [0, 0.1) is 11.7 Å². The van der Waals surface area contributed by atoms with Gasteiger partial charge in [0.15, 0.2) is 0 Å². The van der Waals surface area contributed by atoms with Gasteiger partial charge >= 0.3 is 0 Å². The van der Waals surface area contributed by atoms with Crippen LogP contribution in [0.1, 0.15) is 34.9 Å². The summed E-state index contributed by atoms with van der Waals surface area (Å²) in [6.45, 7) is 0.447. The zero-order chi connectivity index (χ0) is 13.9. The number of aliphatic hydroxyl groups excluding tert-OH is 1. The van der Waals surface area contributed by atoms with Crippen molar-refractivity contribution in [3.63, 3.8) is 0 Å². The summed E-state index contributed by atoms with van der Waals surface area (Å²) in [6, 6.07) is 9.60. The van der Waals surface area contributed by atoms with Crippen LogP contribution in [-0.4, -0.2) is 5.11 Å². The largest absolute Gasteiger partial charge is 0.392 e. The molecule has 3 rings (SSSR count). The molecule has 0 bridgehead atoms. The Bertz CT molecular complexity index is 566. The molecule has 0 spiro atoms. The molecule has 4 heteroatoms. The molecule has 1 aromatic carbocycles. The minimum Gasteiger partial charge on any atom is -0.392 e. The average molecular weight is 291 g/mol. The van der Waals surface area contributed by atoms with Gasteiger partial charge in [0, 0.05) is 23.0 Å². The van der Waals surface area contributed by atoms with Crippen LogP contribution >= 0.6 is 11.3 Å². The predicted octanol–water partition coefficient (Wildman–Crippen LogP) is 3.62. The van der Waals surface area contributed by atoms with Crippen molar-refractivity contribution < 1.29 is 9.50 Å². The lowest BCUT2D eigenvalue weighted by atomic mass is 10.1. The van der Waals surface area contributed by atoms with Gasteiger partial charge in [-0.1, -0.05) is 12.1 Å². The third-order valence-electron chi connectivity index (χ3n) is 3.75. The van der Waals surface area contributed by atoms with Crippen molar-refractivity contribution in [2.45, 2.75) is 32.0 Å². The number of rotatable bonds is 6. The summed E-state index contributed by atoms with van der Waals surface area (Å²) in [6.07, 6.45) is 2.56. The van der Waals surface area contributed by atoms with Crippen molar-refractivity contribution >= 4 is 11.3 Å². The predicted molar refractivity (Wildman–Crippen MR) is 78.9 cm³/mol. The van der Waals surface area contributed by atoms with Gasteiger partial charge in [0.2, 0.25) is 0 Å². The van der Waals surface area contributed by atoms with E-state index in [9.17, 15) is 4.39 Å². The molecule has 1 aliphatic rings. The van der Waals surface area contributed by atoms with Crippen molar-refractivity contribution in [2.75, 3.05) is 0 Å². The van der Waals surface area contributed by atoms with E-state index in [1.807, 2.05) is 0 Å². The molecule has 2 N–H and O–H groups in total. The molecule has 106 valence electrons. The molecule has 0 saturated heterocycles. The van der Waals surface area contributed by atoms with Crippen LogP contribution in [0.15, 0.2) is 35.7 Å². The van der Waals surface area contributed by atoms with Gasteiger partial charge in [-0.05, 0) is 47.9 Å². The highest BCUT2D eigenvalue weighted by molar-refractivity contribution is 7.10. The Balaban J connectivity index is 1.68. The number of hydrogen-bond acceptors (Lipinski definition) is 3. The smallest absolute Gasteiger partial charge is 0.128 e. The normalized spacial score (nSPS) is 16.3. The number of hydrogen-bond donors (Lipinski definition) is 2. The number of thiophene rings is 1. The van der Waals surface area contributed by atoms with E-state index in [1.54, 1.807) is 23.5 Å². The third-order valence-corrected chi connectivity index (χ3v) is 4.71. The van der Waals surface area contributed by atoms with E-state index in [0.717, 1.165) is 11.5 Å². The molecule has 2 nitrogen and oxygen atoms in total. The molecular weight excluding hydrogens is 273 g/mol. The summed E-state index contributed by atoms with van der Waals surface area (Å²) in [7, 11) is 0. The minimum absolute atomic E-state index is 0.253. The highest BCUT2D eigenvalue weighted by atomic mass is 32.1. The fourth-order valence-corrected chi connectivity index (χ4v) is 3.38. The Morgan fingerprint density at radius 1 is 1.35 bits per heavy atom. The maximum atomic E-state index is 13.4. The van der Waals surface area contributed by atoms with Gasteiger partial charge in [-0.15, -0.1) is 11.3 Å². The monoisotopic (exact) mass is 291 g/mol. The number of halogens is 1. The van der Waals surface area contributed by atoms with Crippen LogP contribution in [0.2, 0.25) is 0 Å². The summed E-state index contributed by atoms with van der Waals surface area (Å²) >= 11 is 1.78. The molecular formula is C16H18FNOS. The van der Waals surface area contributed by atoms with Crippen LogP contribution in [0.4, 0.5) is 4.39 Å². The Morgan fingerprint density at radius 3 is 2.85 bits per heavy atom. The standard InChI is InChI=1S/C16H18FNOS/c17-14-6-3-11(8-13(14)10-19)9-18-16(12-4-5-12)15-2-1-7-20-15/h1-3,6-8,12,16,18-19H,4-5,9-10H2. The van der Waals surface area contributed by atoms with Gasteiger partial charge in [0.25, 0.3) is 0 Å². The van der Waals surface area contributed by atoms with E-state index in [1.165, 1.54) is 23.8 Å². The van der Waals surface area contributed by atoms with Gasteiger partial charge in [-0.2, -0.15) is 0 Å². The fraction of sp³-hybridized carbons (Fsp3) is 0.375. The lowest BCUT2D eigenvalue weighted by Gasteiger charge is -2.17. The summed E-state index contributed by atoms with van der Waals surface area (Å²) < 4.78 is 13.4. The SMILES string of the molecule is OCc1cc(CNC(c2cccs2)C2CC2)ccc1F.